The number of nitrogens with one attached hydrogen (secondary N) is 1. The molecule has 1 aliphatic rings. The number of hydrogen-bond donors (Lipinski definition) is 1. The highest BCUT2D eigenvalue weighted by Crippen LogP contribution is 2.37. The quantitative estimate of drug-likeness (QED) is 0.740. The van der Waals surface area contributed by atoms with Gasteiger partial charge in [0.2, 0.25) is 11.8 Å². The Labute approximate surface area is 159 Å². The number of anilines is 1. The van der Waals surface area contributed by atoms with Gasteiger partial charge in [0.25, 0.3) is 0 Å². The molecule has 1 aromatic carbocycles. The van der Waals surface area contributed by atoms with E-state index in [1.54, 1.807) is 11.0 Å². The summed E-state index contributed by atoms with van der Waals surface area (Å²) in [5.74, 6) is -0.203. The Morgan fingerprint density at radius 1 is 1.32 bits per heavy atom. The Bertz CT molecular complexity index is 806. The van der Waals surface area contributed by atoms with Crippen LogP contribution in [-0.2, 0) is 16.1 Å². The summed E-state index contributed by atoms with van der Waals surface area (Å²) < 4.78 is 0.694. The standard InChI is InChI=1S/C18H17ClN2O2S2/c1-2-9-21(11-12-7-8-16(19)24-12)17(22)10-15-18(23)20-13-5-3-4-6-14(13)25-15/h2-8,15H,1,9-11H2,(H,20,23)/t15-/m0/s1. The SMILES string of the molecule is C=CCN(Cc1ccc(Cl)s1)C(=O)C[C@@H]1Sc2ccccc2NC1=O. The number of hydrogen-bond acceptors (Lipinski definition) is 4. The summed E-state index contributed by atoms with van der Waals surface area (Å²) in [5, 5.41) is 2.44. The van der Waals surface area contributed by atoms with Crippen LogP contribution >= 0.6 is 34.7 Å². The van der Waals surface area contributed by atoms with Crippen LogP contribution in [0.5, 0.6) is 0 Å². The lowest BCUT2D eigenvalue weighted by molar-refractivity contribution is -0.132. The fourth-order valence-electron chi connectivity index (χ4n) is 2.55. The summed E-state index contributed by atoms with van der Waals surface area (Å²) in [6, 6.07) is 11.3. The monoisotopic (exact) mass is 392 g/mol. The zero-order chi connectivity index (χ0) is 17.8. The summed E-state index contributed by atoms with van der Waals surface area (Å²) in [6.07, 6.45) is 1.84. The van der Waals surface area contributed by atoms with Crippen molar-refractivity contribution in [3.8, 4) is 0 Å². The van der Waals surface area contributed by atoms with Crippen molar-refractivity contribution in [1.82, 2.24) is 4.90 Å². The molecule has 0 unspecified atom stereocenters. The third kappa shape index (κ3) is 4.45. The summed E-state index contributed by atoms with van der Waals surface area (Å²) >= 11 is 8.85. The highest BCUT2D eigenvalue weighted by Gasteiger charge is 2.30. The normalized spacial score (nSPS) is 16.0. The average molecular weight is 393 g/mol. The second-order valence-electron chi connectivity index (χ2n) is 5.56. The maximum absolute atomic E-state index is 12.7. The summed E-state index contributed by atoms with van der Waals surface area (Å²) in [7, 11) is 0. The Kier molecular flexibility index (Phi) is 5.83. The smallest absolute Gasteiger partial charge is 0.238 e. The zero-order valence-corrected chi connectivity index (χ0v) is 15.8. The first kappa shape index (κ1) is 18.0. The van der Waals surface area contributed by atoms with Crippen LogP contribution in [0.15, 0.2) is 53.9 Å². The molecule has 0 aliphatic carbocycles. The fourth-order valence-corrected chi connectivity index (χ4v) is 4.75. The van der Waals surface area contributed by atoms with E-state index in [-0.39, 0.29) is 18.2 Å². The van der Waals surface area contributed by atoms with Crippen LogP contribution in [0.1, 0.15) is 11.3 Å². The molecule has 0 radical (unpaired) electrons. The van der Waals surface area contributed by atoms with Crippen molar-refractivity contribution in [2.24, 2.45) is 0 Å². The summed E-state index contributed by atoms with van der Waals surface area (Å²) in [5.41, 5.74) is 0.803. The predicted octanol–water partition coefficient (Wildman–Crippen LogP) is 4.42. The molecule has 4 nitrogen and oxygen atoms in total. The number of fused-ring (bicyclic) bond motifs is 1. The van der Waals surface area contributed by atoms with Crippen LogP contribution in [0, 0.1) is 0 Å². The molecule has 1 aliphatic heterocycles. The molecule has 3 rings (SSSR count). The number of thioether (sulfide) groups is 1. The lowest BCUT2D eigenvalue weighted by atomic mass is 10.2. The maximum Gasteiger partial charge on any atom is 0.238 e. The van der Waals surface area contributed by atoms with Gasteiger partial charge in [-0.25, -0.2) is 0 Å². The number of thiophene rings is 1. The highest BCUT2D eigenvalue weighted by atomic mass is 35.5. The van der Waals surface area contributed by atoms with Crippen molar-refractivity contribution in [2.45, 2.75) is 23.1 Å². The number of amides is 2. The van der Waals surface area contributed by atoms with Gasteiger partial charge in [0.15, 0.2) is 0 Å². The minimum Gasteiger partial charge on any atom is -0.334 e. The Morgan fingerprint density at radius 3 is 2.84 bits per heavy atom. The van der Waals surface area contributed by atoms with Gasteiger partial charge in [0.1, 0.15) is 0 Å². The van der Waals surface area contributed by atoms with Gasteiger partial charge in [0.05, 0.1) is 21.8 Å². The Balaban J connectivity index is 1.68. The minimum absolute atomic E-state index is 0.0727. The third-order valence-electron chi connectivity index (χ3n) is 3.74. The van der Waals surface area contributed by atoms with Crippen molar-refractivity contribution >= 4 is 52.2 Å². The van der Waals surface area contributed by atoms with Gasteiger partial charge in [-0.1, -0.05) is 29.8 Å². The molecule has 0 bridgehead atoms. The molecule has 130 valence electrons. The van der Waals surface area contributed by atoms with Crippen molar-refractivity contribution in [3.05, 3.63) is 58.3 Å². The second kappa shape index (κ2) is 8.08. The van der Waals surface area contributed by atoms with Crippen LogP contribution in [0.3, 0.4) is 0 Å². The molecule has 0 saturated heterocycles. The third-order valence-corrected chi connectivity index (χ3v) is 6.24. The van der Waals surface area contributed by atoms with Gasteiger partial charge in [-0.3, -0.25) is 9.59 Å². The Hall–Kier alpha value is -1.76. The molecule has 1 atom stereocenters. The number of benzene rings is 1. The van der Waals surface area contributed by atoms with Gasteiger partial charge in [-0.05, 0) is 24.3 Å². The van der Waals surface area contributed by atoms with Crippen LogP contribution < -0.4 is 5.32 Å². The zero-order valence-electron chi connectivity index (χ0n) is 13.4. The van der Waals surface area contributed by atoms with Gasteiger partial charge in [0, 0.05) is 22.7 Å². The molecule has 1 aromatic heterocycles. The fraction of sp³-hybridized carbons (Fsp3) is 0.222. The van der Waals surface area contributed by atoms with E-state index in [1.165, 1.54) is 23.1 Å². The van der Waals surface area contributed by atoms with Crippen LogP contribution in [0.25, 0.3) is 0 Å². The summed E-state index contributed by atoms with van der Waals surface area (Å²) in [4.78, 5) is 28.7. The largest absolute Gasteiger partial charge is 0.334 e. The number of carbonyl (C=O) groups is 2. The van der Waals surface area contributed by atoms with E-state index in [0.29, 0.717) is 17.4 Å². The summed E-state index contributed by atoms with van der Waals surface area (Å²) in [6.45, 7) is 4.62. The van der Waals surface area contributed by atoms with E-state index >= 15 is 0 Å². The molecule has 0 saturated carbocycles. The molecule has 0 spiro atoms. The van der Waals surface area contributed by atoms with E-state index in [2.05, 4.69) is 11.9 Å². The number of halogens is 1. The van der Waals surface area contributed by atoms with E-state index in [1.807, 2.05) is 36.4 Å². The Morgan fingerprint density at radius 2 is 2.12 bits per heavy atom. The second-order valence-corrected chi connectivity index (χ2v) is 8.61. The van der Waals surface area contributed by atoms with Crippen LogP contribution in [0.4, 0.5) is 5.69 Å². The lowest BCUT2D eigenvalue weighted by Gasteiger charge is -2.26. The topological polar surface area (TPSA) is 49.4 Å². The van der Waals surface area contributed by atoms with Gasteiger partial charge < -0.3 is 10.2 Å². The molecule has 2 heterocycles. The highest BCUT2D eigenvalue weighted by molar-refractivity contribution is 8.01. The molecule has 1 N–H and O–H groups in total. The number of rotatable bonds is 6. The van der Waals surface area contributed by atoms with Crippen molar-refractivity contribution in [3.63, 3.8) is 0 Å². The first-order chi connectivity index (χ1) is 12.1. The minimum atomic E-state index is -0.429. The van der Waals surface area contributed by atoms with Gasteiger partial charge in [-0.15, -0.1) is 29.7 Å². The van der Waals surface area contributed by atoms with Crippen LogP contribution in [0.2, 0.25) is 4.34 Å². The molecule has 2 aromatic rings. The van der Waals surface area contributed by atoms with E-state index in [0.717, 1.165) is 15.5 Å². The molecule has 25 heavy (non-hydrogen) atoms. The van der Waals surface area contributed by atoms with Gasteiger partial charge in [-0.2, -0.15) is 0 Å². The van der Waals surface area contributed by atoms with E-state index in [9.17, 15) is 9.59 Å². The molecular weight excluding hydrogens is 376 g/mol. The first-order valence-corrected chi connectivity index (χ1v) is 9.83. The molecule has 7 heteroatoms. The van der Waals surface area contributed by atoms with Gasteiger partial charge >= 0.3 is 0 Å². The van der Waals surface area contributed by atoms with Crippen molar-refractivity contribution in [2.75, 3.05) is 11.9 Å². The maximum atomic E-state index is 12.7. The number of para-hydroxylation sites is 1. The van der Waals surface area contributed by atoms with Crippen LogP contribution in [-0.4, -0.2) is 28.5 Å². The van der Waals surface area contributed by atoms with E-state index < -0.39 is 5.25 Å². The predicted molar refractivity (Wildman–Crippen MR) is 104 cm³/mol. The number of nitrogens with zero attached hydrogens (tertiary/aromatic N) is 1. The number of carbonyl (C=O) groups excluding carboxylic acids is 2. The van der Waals surface area contributed by atoms with Crippen molar-refractivity contribution in [1.29, 1.82) is 0 Å². The van der Waals surface area contributed by atoms with Crippen molar-refractivity contribution < 1.29 is 9.59 Å². The lowest BCUT2D eigenvalue weighted by Crippen LogP contribution is -2.37. The van der Waals surface area contributed by atoms with E-state index in [4.69, 9.17) is 11.6 Å². The molecule has 0 fully saturated rings. The molecule has 2 amide bonds. The average Bonchev–Trinajstić information content (AvgIpc) is 3.00. The first-order valence-electron chi connectivity index (χ1n) is 7.76. The molecular formula is C18H17ClN2O2S2.